The quantitative estimate of drug-likeness (QED) is 0.275. The molecule has 0 aromatic heterocycles. The number of carbonyl (C=O) groups excluding carboxylic acids is 1. The summed E-state index contributed by atoms with van der Waals surface area (Å²) in [5.74, 6) is 1.38. The Morgan fingerprint density at radius 2 is 1.43 bits per heavy atom. The van der Waals surface area contributed by atoms with E-state index in [1.807, 2.05) is 123 Å². The fraction of sp³-hybridized carbons (Fsp3) is 0.0667. The Morgan fingerprint density at radius 3 is 2.14 bits per heavy atom. The molecule has 0 radical (unpaired) electrons. The highest BCUT2D eigenvalue weighted by atomic mass is 32.2. The molecule has 4 aromatic carbocycles. The molecule has 0 saturated carbocycles. The lowest BCUT2D eigenvalue weighted by Crippen LogP contribution is -2.28. The van der Waals surface area contributed by atoms with E-state index in [0.717, 1.165) is 33.8 Å². The van der Waals surface area contributed by atoms with E-state index in [1.165, 1.54) is 11.8 Å². The Bertz CT molecular complexity index is 1410. The van der Waals surface area contributed by atoms with Gasteiger partial charge in [-0.25, -0.2) is 4.99 Å². The summed E-state index contributed by atoms with van der Waals surface area (Å²) in [4.78, 5) is 20.7. The van der Waals surface area contributed by atoms with Gasteiger partial charge in [0.2, 0.25) is 0 Å². The van der Waals surface area contributed by atoms with E-state index in [0.29, 0.717) is 15.8 Å². The lowest BCUT2D eigenvalue weighted by molar-refractivity contribution is -0.113. The van der Waals surface area contributed by atoms with Gasteiger partial charge in [0.25, 0.3) is 5.91 Å². The number of aryl methyl sites for hydroxylation is 2. The molecule has 1 aliphatic heterocycles. The molecule has 1 amide bonds. The number of thioether (sulfide) groups is 1. The monoisotopic (exact) mass is 476 g/mol. The number of para-hydroxylation sites is 1. The number of amidine groups is 1. The smallest absolute Gasteiger partial charge is 0.271 e. The van der Waals surface area contributed by atoms with Crippen molar-refractivity contribution in [3.8, 4) is 11.5 Å². The second-order valence-electron chi connectivity index (χ2n) is 8.30. The van der Waals surface area contributed by atoms with Crippen LogP contribution in [0.5, 0.6) is 11.5 Å². The molecular formula is C30H24N2O2S. The van der Waals surface area contributed by atoms with Crippen molar-refractivity contribution < 1.29 is 9.53 Å². The van der Waals surface area contributed by atoms with Crippen LogP contribution < -0.4 is 9.64 Å². The van der Waals surface area contributed by atoms with Crippen molar-refractivity contribution in [3.05, 3.63) is 125 Å². The van der Waals surface area contributed by atoms with E-state index in [2.05, 4.69) is 0 Å². The molecule has 4 nitrogen and oxygen atoms in total. The predicted octanol–water partition coefficient (Wildman–Crippen LogP) is 7.90. The molecule has 5 rings (SSSR count). The minimum absolute atomic E-state index is 0.0981. The van der Waals surface area contributed by atoms with Crippen LogP contribution in [0, 0.1) is 13.8 Å². The van der Waals surface area contributed by atoms with Crippen molar-refractivity contribution in [2.75, 3.05) is 4.90 Å². The molecule has 1 heterocycles. The molecule has 1 aliphatic rings. The van der Waals surface area contributed by atoms with E-state index in [9.17, 15) is 4.79 Å². The molecule has 1 fully saturated rings. The van der Waals surface area contributed by atoms with Crippen molar-refractivity contribution in [1.29, 1.82) is 0 Å². The third-order valence-corrected chi connectivity index (χ3v) is 6.46. The molecule has 0 bridgehead atoms. The van der Waals surface area contributed by atoms with Crippen LogP contribution in [-0.2, 0) is 4.79 Å². The Balaban J connectivity index is 1.49. The summed E-state index contributed by atoms with van der Waals surface area (Å²) in [6.45, 7) is 4.07. The van der Waals surface area contributed by atoms with Crippen molar-refractivity contribution in [2.45, 2.75) is 13.8 Å². The number of hydrogen-bond acceptors (Lipinski definition) is 4. The van der Waals surface area contributed by atoms with E-state index >= 15 is 0 Å². The minimum Gasteiger partial charge on any atom is -0.457 e. The standard InChI is InChI=1S/C30H24N2O2S/c1-21-11-15-24(16-12-21)31-30-32(25-17-13-22(2)14-18-25)29(33)28(35-30)20-23-7-6-10-27(19-23)34-26-8-4-3-5-9-26/h3-20H,1-2H3/b28-20+,31-30?. The summed E-state index contributed by atoms with van der Waals surface area (Å²) in [5, 5.41) is 0.630. The molecule has 172 valence electrons. The average Bonchev–Trinajstić information content (AvgIpc) is 3.16. The van der Waals surface area contributed by atoms with Crippen LogP contribution in [0.1, 0.15) is 16.7 Å². The topological polar surface area (TPSA) is 41.9 Å². The van der Waals surface area contributed by atoms with Gasteiger partial charge in [0.1, 0.15) is 11.5 Å². The third kappa shape index (κ3) is 5.36. The Labute approximate surface area is 209 Å². The van der Waals surface area contributed by atoms with Crippen LogP contribution in [-0.4, -0.2) is 11.1 Å². The number of nitrogens with zero attached hydrogens (tertiary/aromatic N) is 2. The number of aliphatic imine (C=N–C) groups is 1. The number of anilines is 1. The van der Waals surface area contributed by atoms with Gasteiger partial charge in [0.05, 0.1) is 16.3 Å². The minimum atomic E-state index is -0.0981. The van der Waals surface area contributed by atoms with Gasteiger partial charge in [-0.2, -0.15) is 0 Å². The maximum Gasteiger partial charge on any atom is 0.271 e. The highest BCUT2D eigenvalue weighted by molar-refractivity contribution is 8.19. The fourth-order valence-electron chi connectivity index (χ4n) is 3.64. The second-order valence-corrected chi connectivity index (χ2v) is 9.31. The van der Waals surface area contributed by atoms with Crippen molar-refractivity contribution in [1.82, 2.24) is 0 Å². The van der Waals surface area contributed by atoms with Crippen molar-refractivity contribution >= 4 is 40.3 Å². The largest absolute Gasteiger partial charge is 0.457 e. The van der Waals surface area contributed by atoms with Gasteiger partial charge >= 0.3 is 0 Å². The number of carbonyl (C=O) groups is 1. The lowest BCUT2D eigenvalue weighted by atomic mass is 10.2. The molecule has 1 saturated heterocycles. The molecular weight excluding hydrogens is 452 g/mol. The first-order valence-electron chi connectivity index (χ1n) is 11.3. The summed E-state index contributed by atoms with van der Waals surface area (Å²) < 4.78 is 5.97. The predicted molar refractivity (Wildman–Crippen MR) is 145 cm³/mol. The normalized spacial score (nSPS) is 15.7. The van der Waals surface area contributed by atoms with Gasteiger partial charge in [-0.1, -0.05) is 65.7 Å². The van der Waals surface area contributed by atoms with Crippen LogP contribution in [0.4, 0.5) is 11.4 Å². The summed E-state index contributed by atoms with van der Waals surface area (Å²) in [7, 11) is 0. The van der Waals surface area contributed by atoms with Gasteiger partial charge in [-0.15, -0.1) is 0 Å². The SMILES string of the molecule is Cc1ccc(N=C2S/C(=C/c3cccc(Oc4ccccc4)c3)C(=O)N2c2ccc(C)cc2)cc1. The van der Waals surface area contributed by atoms with Crippen LogP contribution in [0.25, 0.3) is 6.08 Å². The maximum absolute atomic E-state index is 13.6. The zero-order valence-electron chi connectivity index (χ0n) is 19.5. The number of amides is 1. The molecule has 0 N–H and O–H groups in total. The Kier molecular flexibility index (Phi) is 6.51. The molecule has 5 heteroatoms. The van der Waals surface area contributed by atoms with E-state index < -0.39 is 0 Å². The molecule has 0 unspecified atom stereocenters. The molecule has 0 spiro atoms. The van der Waals surface area contributed by atoms with E-state index in [1.54, 1.807) is 4.90 Å². The maximum atomic E-state index is 13.6. The van der Waals surface area contributed by atoms with Crippen LogP contribution in [0.2, 0.25) is 0 Å². The van der Waals surface area contributed by atoms with Gasteiger partial charge in [-0.05, 0) is 85.8 Å². The average molecular weight is 477 g/mol. The summed E-state index contributed by atoms with van der Waals surface area (Å²) in [6, 6.07) is 33.2. The number of rotatable bonds is 5. The van der Waals surface area contributed by atoms with Crippen LogP contribution in [0.3, 0.4) is 0 Å². The van der Waals surface area contributed by atoms with Gasteiger partial charge < -0.3 is 4.74 Å². The molecule has 0 aliphatic carbocycles. The van der Waals surface area contributed by atoms with Crippen LogP contribution >= 0.6 is 11.8 Å². The number of benzene rings is 4. The Hall–Kier alpha value is -4.09. The first-order valence-corrected chi connectivity index (χ1v) is 12.2. The zero-order valence-corrected chi connectivity index (χ0v) is 20.3. The Morgan fingerprint density at radius 1 is 0.771 bits per heavy atom. The zero-order chi connectivity index (χ0) is 24.2. The first-order chi connectivity index (χ1) is 17.0. The summed E-state index contributed by atoms with van der Waals surface area (Å²) >= 11 is 1.38. The summed E-state index contributed by atoms with van der Waals surface area (Å²) in [5.41, 5.74) is 4.79. The van der Waals surface area contributed by atoms with Crippen molar-refractivity contribution in [3.63, 3.8) is 0 Å². The van der Waals surface area contributed by atoms with Crippen LogP contribution in [0.15, 0.2) is 113 Å². The van der Waals surface area contributed by atoms with Crippen molar-refractivity contribution in [2.24, 2.45) is 4.99 Å². The summed E-state index contributed by atoms with van der Waals surface area (Å²) in [6.07, 6.45) is 1.89. The van der Waals surface area contributed by atoms with Gasteiger partial charge in [0, 0.05) is 0 Å². The molecule has 0 atom stereocenters. The number of ether oxygens (including phenoxy) is 1. The third-order valence-electron chi connectivity index (χ3n) is 5.49. The first kappa shape index (κ1) is 22.7. The van der Waals surface area contributed by atoms with Gasteiger partial charge in [0.15, 0.2) is 5.17 Å². The van der Waals surface area contributed by atoms with E-state index in [4.69, 9.17) is 9.73 Å². The van der Waals surface area contributed by atoms with E-state index in [-0.39, 0.29) is 5.91 Å². The molecule has 35 heavy (non-hydrogen) atoms. The van der Waals surface area contributed by atoms with Gasteiger partial charge in [-0.3, -0.25) is 9.69 Å². The highest BCUT2D eigenvalue weighted by Gasteiger charge is 2.34. The lowest BCUT2D eigenvalue weighted by Gasteiger charge is -2.16. The fourth-order valence-corrected chi connectivity index (χ4v) is 4.64. The number of hydrogen-bond donors (Lipinski definition) is 0. The second kappa shape index (κ2) is 10.0. The highest BCUT2D eigenvalue weighted by Crippen LogP contribution is 2.38. The molecule has 4 aromatic rings.